The van der Waals surface area contributed by atoms with Gasteiger partial charge in [-0.15, -0.1) is 0 Å². The van der Waals surface area contributed by atoms with Gasteiger partial charge in [0.15, 0.2) is 0 Å². The van der Waals surface area contributed by atoms with Crippen molar-refractivity contribution in [2.45, 2.75) is 18.9 Å². The Balaban J connectivity index is 1.66. The van der Waals surface area contributed by atoms with Crippen molar-refractivity contribution in [1.29, 1.82) is 0 Å². The van der Waals surface area contributed by atoms with E-state index in [9.17, 15) is 4.79 Å². The maximum atomic E-state index is 12.9. The van der Waals surface area contributed by atoms with Gasteiger partial charge in [0.2, 0.25) is 5.91 Å². The lowest BCUT2D eigenvalue weighted by Gasteiger charge is -2.28. The summed E-state index contributed by atoms with van der Waals surface area (Å²) in [6, 6.07) is 14.4. The minimum absolute atomic E-state index is 0.260. The van der Waals surface area contributed by atoms with E-state index in [2.05, 4.69) is 29.2 Å². The molecule has 0 radical (unpaired) electrons. The van der Waals surface area contributed by atoms with Crippen LogP contribution in [0.1, 0.15) is 23.7 Å². The first-order valence-electron chi connectivity index (χ1n) is 8.24. The summed E-state index contributed by atoms with van der Waals surface area (Å²) in [5.41, 5.74) is 1.00. The van der Waals surface area contributed by atoms with Crippen LogP contribution in [-0.4, -0.2) is 42.4 Å². The normalized spacial score (nSPS) is 28.1. The van der Waals surface area contributed by atoms with Gasteiger partial charge >= 0.3 is 0 Å². The molecule has 2 fully saturated rings. The monoisotopic (exact) mass is 310 g/mol. The van der Waals surface area contributed by atoms with Crippen molar-refractivity contribution in [3.8, 4) is 0 Å². The predicted octanol–water partition coefficient (Wildman–Crippen LogP) is 2.73. The van der Waals surface area contributed by atoms with Gasteiger partial charge in [-0.3, -0.25) is 9.69 Å². The minimum Gasteiger partial charge on any atom is -0.468 e. The van der Waals surface area contributed by atoms with Crippen LogP contribution in [0.25, 0.3) is 0 Å². The summed E-state index contributed by atoms with van der Waals surface area (Å²) in [5, 5.41) is 0. The molecule has 3 heterocycles. The molecule has 2 aliphatic rings. The van der Waals surface area contributed by atoms with E-state index in [-0.39, 0.29) is 11.3 Å². The highest BCUT2D eigenvalue weighted by Crippen LogP contribution is 2.49. The minimum atomic E-state index is -0.275. The molecule has 23 heavy (non-hydrogen) atoms. The molecule has 0 aliphatic carbocycles. The van der Waals surface area contributed by atoms with E-state index in [1.54, 1.807) is 6.26 Å². The van der Waals surface area contributed by atoms with Crippen molar-refractivity contribution < 1.29 is 9.21 Å². The number of amides is 1. The Labute approximate surface area is 136 Å². The van der Waals surface area contributed by atoms with E-state index in [1.807, 2.05) is 30.1 Å². The lowest BCUT2D eigenvalue weighted by atomic mass is 9.73. The fraction of sp³-hybridized carbons (Fsp3) is 0.421. The van der Waals surface area contributed by atoms with Gasteiger partial charge in [-0.25, -0.2) is 0 Å². The summed E-state index contributed by atoms with van der Waals surface area (Å²) < 4.78 is 5.50. The number of rotatable bonds is 3. The van der Waals surface area contributed by atoms with Crippen LogP contribution in [0.5, 0.6) is 0 Å². The van der Waals surface area contributed by atoms with Gasteiger partial charge in [-0.2, -0.15) is 0 Å². The van der Waals surface area contributed by atoms with Crippen LogP contribution in [0.2, 0.25) is 0 Å². The van der Waals surface area contributed by atoms with Gasteiger partial charge in [-0.05, 0) is 24.1 Å². The van der Waals surface area contributed by atoms with Crippen LogP contribution < -0.4 is 0 Å². The van der Waals surface area contributed by atoms with Crippen molar-refractivity contribution in [3.63, 3.8) is 0 Å². The van der Waals surface area contributed by atoms with Crippen LogP contribution in [0.3, 0.4) is 0 Å². The molecule has 4 rings (SSSR count). The Hall–Kier alpha value is -2.07. The van der Waals surface area contributed by atoms with E-state index in [1.165, 1.54) is 5.56 Å². The number of benzene rings is 1. The summed E-state index contributed by atoms with van der Waals surface area (Å²) in [6.45, 7) is 3.35. The smallest absolute Gasteiger partial charge is 0.230 e. The summed E-state index contributed by atoms with van der Waals surface area (Å²) in [4.78, 5) is 17.2. The number of nitrogens with zero attached hydrogens (tertiary/aromatic N) is 2. The number of hydrogen-bond donors (Lipinski definition) is 0. The zero-order valence-corrected chi connectivity index (χ0v) is 13.4. The molecule has 2 atom stereocenters. The van der Waals surface area contributed by atoms with Crippen LogP contribution in [0.15, 0.2) is 53.1 Å². The van der Waals surface area contributed by atoms with E-state index >= 15 is 0 Å². The van der Waals surface area contributed by atoms with E-state index in [0.717, 1.165) is 38.4 Å². The second kappa shape index (κ2) is 5.53. The highest BCUT2D eigenvalue weighted by Gasteiger charge is 2.56. The number of carbonyl (C=O) groups is 1. The van der Waals surface area contributed by atoms with Crippen molar-refractivity contribution in [3.05, 3.63) is 60.1 Å². The van der Waals surface area contributed by atoms with Gasteiger partial charge in [-0.1, -0.05) is 30.3 Å². The Morgan fingerprint density at radius 1 is 1.22 bits per heavy atom. The molecule has 4 heteroatoms. The highest BCUT2D eigenvalue weighted by atomic mass is 16.3. The molecule has 0 N–H and O–H groups in total. The number of likely N-dealkylation sites (tertiary alicyclic amines) is 2. The molecular weight excluding hydrogens is 288 g/mol. The Kier molecular flexibility index (Phi) is 3.49. The molecule has 0 unspecified atom stereocenters. The first-order valence-corrected chi connectivity index (χ1v) is 8.24. The molecule has 2 saturated heterocycles. The molecule has 0 bridgehead atoms. The molecule has 0 saturated carbocycles. The van der Waals surface area contributed by atoms with Gasteiger partial charge in [0.25, 0.3) is 0 Å². The number of hydrogen-bond acceptors (Lipinski definition) is 3. The third-order valence-electron chi connectivity index (χ3n) is 5.44. The predicted molar refractivity (Wildman–Crippen MR) is 87.9 cm³/mol. The highest BCUT2D eigenvalue weighted by molar-refractivity contribution is 5.86. The molecule has 1 aromatic carbocycles. The molecule has 4 nitrogen and oxygen atoms in total. The number of furan rings is 1. The average Bonchev–Trinajstić information content (AvgIpc) is 3.27. The van der Waals surface area contributed by atoms with E-state index in [4.69, 9.17) is 4.42 Å². The van der Waals surface area contributed by atoms with Crippen LogP contribution >= 0.6 is 0 Å². The second-order valence-electron chi connectivity index (χ2n) is 6.85. The molecule has 1 amide bonds. The Morgan fingerprint density at radius 3 is 2.70 bits per heavy atom. The van der Waals surface area contributed by atoms with Crippen molar-refractivity contribution in [2.75, 3.05) is 26.7 Å². The molecule has 1 spiro atoms. The van der Waals surface area contributed by atoms with E-state index < -0.39 is 0 Å². The van der Waals surface area contributed by atoms with Crippen molar-refractivity contribution >= 4 is 5.91 Å². The maximum Gasteiger partial charge on any atom is 0.230 e. The average molecular weight is 310 g/mol. The summed E-state index contributed by atoms with van der Waals surface area (Å²) in [5.74, 6) is 1.53. The fourth-order valence-electron chi connectivity index (χ4n) is 4.29. The Morgan fingerprint density at radius 2 is 2.04 bits per heavy atom. The Bertz CT molecular complexity index is 683. The van der Waals surface area contributed by atoms with Gasteiger partial charge in [0, 0.05) is 32.6 Å². The van der Waals surface area contributed by atoms with E-state index in [0.29, 0.717) is 5.91 Å². The van der Waals surface area contributed by atoms with Crippen molar-refractivity contribution in [2.24, 2.45) is 5.41 Å². The molecular formula is C19H22N2O2. The lowest BCUT2D eigenvalue weighted by Crippen LogP contribution is -2.38. The summed E-state index contributed by atoms with van der Waals surface area (Å²) in [7, 11) is 1.92. The molecule has 1 aromatic heterocycles. The quantitative estimate of drug-likeness (QED) is 0.874. The third-order valence-corrected chi connectivity index (χ3v) is 5.44. The fourth-order valence-corrected chi connectivity index (χ4v) is 4.29. The lowest BCUT2D eigenvalue weighted by molar-refractivity contribution is -0.135. The maximum absolute atomic E-state index is 12.9. The molecule has 120 valence electrons. The summed E-state index contributed by atoms with van der Waals surface area (Å²) >= 11 is 0. The van der Waals surface area contributed by atoms with Crippen molar-refractivity contribution in [1.82, 2.24) is 9.80 Å². The topological polar surface area (TPSA) is 36.7 Å². The van der Waals surface area contributed by atoms with Crippen LogP contribution in [-0.2, 0) is 11.3 Å². The first-order chi connectivity index (χ1) is 11.2. The standard InChI is InChI=1S/C19H22N2O2/c1-20-10-9-19(18(20)22)14-21(12-16-8-5-11-23-16)13-17(19)15-6-3-2-4-7-15/h2-8,11,17H,9-10,12-14H2,1H3/t17-,19+/m1/s1. The zero-order chi connectivity index (χ0) is 15.9. The van der Waals surface area contributed by atoms with Gasteiger partial charge < -0.3 is 9.32 Å². The zero-order valence-electron chi connectivity index (χ0n) is 13.4. The van der Waals surface area contributed by atoms with Gasteiger partial charge in [0.1, 0.15) is 5.76 Å². The van der Waals surface area contributed by atoms with Crippen LogP contribution in [0.4, 0.5) is 0 Å². The molecule has 2 aliphatic heterocycles. The SMILES string of the molecule is CN1CC[C@@]2(CN(Cc3ccco3)C[C@@H]2c2ccccc2)C1=O. The number of carbonyl (C=O) groups excluding carboxylic acids is 1. The van der Waals surface area contributed by atoms with Crippen LogP contribution in [0, 0.1) is 5.41 Å². The largest absolute Gasteiger partial charge is 0.468 e. The third kappa shape index (κ3) is 2.38. The molecule has 2 aromatic rings. The summed E-state index contributed by atoms with van der Waals surface area (Å²) in [6.07, 6.45) is 2.65. The first kappa shape index (κ1) is 14.5. The van der Waals surface area contributed by atoms with Gasteiger partial charge in [0.05, 0.1) is 18.2 Å². The second-order valence-corrected chi connectivity index (χ2v) is 6.85.